The van der Waals surface area contributed by atoms with E-state index in [0.29, 0.717) is 10.6 Å². The highest BCUT2D eigenvalue weighted by Crippen LogP contribution is 2.24. The van der Waals surface area contributed by atoms with Crippen LogP contribution in [0.15, 0.2) is 36.4 Å². The second kappa shape index (κ2) is 3.91. The van der Waals surface area contributed by atoms with Crippen LogP contribution in [0.25, 0.3) is 10.8 Å². The summed E-state index contributed by atoms with van der Waals surface area (Å²) in [6, 6.07) is 10.9. The third kappa shape index (κ3) is 1.81. The lowest BCUT2D eigenvalue weighted by Gasteiger charge is -2.03. The molecule has 2 aromatic rings. The van der Waals surface area contributed by atoms with Crippen LogP contribution in [0.4, 0.5) is 0 Å². The monoisotopic (exact) mass is 220 g/mol. The van der Waals surface area contributed by atoms with Crippen molar-refractivity contribution in [3.8, 4) is 0 Å². The number of halogens is 1. The number of rotatable bonds is 1. The maximum Gasteiger partial charge on any atom is 0.337 e. The average molecular weight is 221 g/mol. The summed E-state index contributed by atoms with van der Waals surface area (Å²) in [7, 11) is 1.37. The fourth-order valence-electron chi connectivity index (χ4n) is 1.49. The van der Waals surface area contributed by atoms with Gasteiger partial charge in [-0.1, -0.05) is 29.8 Å². The van der Waals surface area contributed by atoms with Crippen molar-refractivity contribution in [2.24, 2.45) is 0 Å². The van der Waals surface area contributed by atoms with E-state index in [1.165, 1.54) is 7.11 Å². The Morgan fingerprint density at radius 2 is 2.07 bits per heavy atom. The fourth-order valence-corrected chi connectivity index (χ4v) is 1.73. The highest BCUT2D eigenvalue weighted by molar-refractivity contribution is 6.35. The molecule has 0 N–H and O–H groups in total. The molecule has 3 heteroatoms. The molecule has 15 heavy (non-hydrogen) atoms. The van der Waals surface area contributed by atoms with Crippen molar-refractivity contribution in [3.05, 3.63) is 47.0 Å². The van der Waals surface area contributed by atoms with E-state index in [9.17, 15) is 4.79 Å². The number of carbonyl (C=O) groups excluding carboxylic acids is 1. The van der Waals surface area contributed by atoms with Gasteiger partial charge in [-0.25, -0.2) is 4.79 Å². The van der Waals surface area contributed by atoms with Gasteiger partial charge in [0, 0.05) is 10.4 Å². The van der Waals surface area contributed by atoms with Crippen LogP contribution in [0, 0.1) is 0 Å². The molecule has 0 radical (unpaired) electrons. The van der Waals surface area contributed by atoms with Gasteiger partial charge in [0.2, 0.25) is 0 Å². The summed E-state index contributed by atoms with van der Waals surface area (Å²) >= 11 is 6.01. The zero-order valence-corrected chi connectivity index (χ0v) is 8.91. The third-order valence-corrected chi connectivity index (χ3v) is 2.58. The number of carbonyl (C=O) groups is 1. The molecule has 2 aromatic carbocycles. The normalized spacial score (nSPS) is 10.3. The van der Waals surface area contributed by atoms with Gasteiger partial charge in [0.15, 0.2) is 0 Å². The van der Waals surface area contributed by atoms with Crippen LogP contribution in [-0.2, 0) is 4.74 Å². The molecule has 0 saturated heterocycles. The summed E-state index contributed by atoms with van der Waals surface area (Å²) in [5.74, 6) is -0.336. The first-order valence-corrected chi connectivity index (χ1v) is 4.87. The number of hydrogen-bond donors (Lipinski definition) is 0. The van der Waals surface area contributed by atoms with Crippen LogP contribution >= 0.6 is 11.6 Å². The van der Waals surface area contributed by atoms with Crippen molar-refractivity contribution in [2.45, 2.75) is 0 Å². The summed E-state index contributed by atoms with van der Waals surface area (Å²) < 4.78 is 4.64. The molecule has 0 fully saturated rings. The third-order valence-electron chi connectivity index (χ3n) is 2.25. The first-order valence-electron chi connectivity index (χ1n) is 4.49. The van der Waals surface area contributed by atoms with E-state index < -0.39 is 0 Å². The van der Waals surface area contributed by atoms with Gasteiger partial charge < -0.3 is 4.74 Å². The molecule has 0 heterocycles. The first kappa shape index (κ1) is 9.99. The SMILES string of the molecule is COC(=O)c1ccc2c(Cl)cccc2c1. The van der Waals surface area contributed by atoms with Gasteiger partial charge in [-0.2, -0.15) is 0 Å². The van der Waals surface area contributed by atoms with Crippen molar-refractivity contribution in [2.75, 3.05) is 7.11 Å². The molecule has 0 aliphatic heterocycles. The molecule has 0 unspecified atom stereocenters. The fraction of sp³-hybridized carbons (Fsp3) is 0.0833. The van der Waals surface area contributed by atoms with Crippen molar-refractivity contribution < 1.29 is 9.53 Å². The molecule has 0 saturated carbocycles. The Hall–Kier alpha value is -1.54. The molecule has 0 aliphatic carbocycles. The summed E-state index contributed by atoms with van der Waals surface area (Å²) in [6.07, 6.45) is 0. The molecule has 76 valence electrons. The van der Waals surface area contributed by atoms with Gasteiger partial charge in [0.1, 0.15) is 0 Å². The predicted octanol–water partition coefficient (Wildman–Crippen LogP) is 3.28. The maximum atomic E-state index is 11.3. The van der Waals surface area contributed by atoms with Crippen molar-refractivity contribution in [1.82, 2.24) is 0 Å². The Kier molecular flexibility index (Phi) is 2.60. The van der Waals surface area contributed by atoms with Crippen LogP contribution in [-0.4, -0.2) is 13.1 Å². The predicted molar refractivity (Wildman–Crippen MR) is 60.3 cm³/mol. The number of hydrogen-bond acceptors (Lipinski definition) is 2. The van der Waals surface area contributed by atoms with Gasteiger partial charge in [-0.15, -0.1) is 0 Å². The Morgan fingerprint density at radius 1 is 1.27 bits per heavy atom. The van der Waals surface area contributed by atoms with Gasteiger partial charge >= 0.3 is 5.97 Å². The maximum absolute atomic E-state index is 11.3. The molecular weight excluding hydrogens is 212 g/mol. The second-order valence-electron chi connectivity index (χ2n) is 3.17. The van der Waals surface area contributed by atoms with E-state index >= 15 is 0 Å². The number of fused-ring (bicyclic) bond motifs is 1. The van der Waals surface area contributed by atoms with Crippen LogP contribution < -0.4 is 0 Å². The van der Waals surface area contributed by atoms with Gasteiger partial charge in [-0.05, 0) is 23.6 Å². The summed E-state index contributed by atoms with van der Waals surface area (Å²) in [4.78, 5) is 11.3. The molecule has 0 atom stereocenters. The molecule has 2 rings (SSSR count). The molecule has 0 spiro atoms. The molecular formula is C12H9ClO2. The topological polar surface area (TPSA) is 26.3 Å². The minimum atomic E-state index is -0.336. The van der Waals surface area contributed by atoms with E-state index in [0.717, 1.165) is 10.8 Å². The minimum Gasteiger partial charge on any atom is -0.465 e. The Morgan fingerprint density at radius 3 is 2.80 bits per heavy atom. The van der Waals surface area contributed by atoms with Crippen molar-refractivity contribution in [3.63, 3.8) is 0 Å². The number of benzene rings is 2. The highest BCUT2D eigenvalue weighted by atomic mass is 35.5. The average Bonchev–Trinajstić information content (AvgIpc) is 2.28. The number of methoxy groups -OCH3 is 1. The standard InChI is InChI=1S/C12H9ClO2/c1-15-12(14)9-5-6-10-8(7-9)3-2-4-11(10)13/h2-7H,1H3. The molecule has 0 aliphatic rings. The zero-order valence-electron chi connectivity index (χ0n) is 8.16. The Bertz CT molecular complexity index is 520. The van der Waals surface area contributed by atoms with Crippen LogP contribution in [0.1, 0.15) is 10.4 Å². The first-order chi connectivity index (χ1) is 7.22. The van der Waals surface area contributed by atoms with Gasteiger partial charge in [0.25, 0.3) is 0 Å². The smallest absolute Gasteiger partial charge is 0.337 e. The Balaban J connectivity index is 2.62. The van der Waals surface area contributed by atoms with Gasteiger partial charge in [0.05, 0.1) is 12.7 Å². The number of ether oxygens (including phenoxy) is 1. The van der Waals surface area contributed by atoms with E-state index in [4.69, 9.17) is 11.6 Å². The largest absolute Gasteiger partial charge is 0.465 e. The van der Waals surface area contributed by atoms with E-state index in [-0.39, 0.29) is 5.97 Å². The van der Waals surface area contributed by atoms with Gasteiger partial charge in [-0.3, -0.25) is 0 Å². The van der Waals surface area contributed by atoms with Crippen LogP contribution in [0.5, 0.6) is 0 Å². The molecule has 0 aromatic heterocycles. The molecule has 0 amide bonds. The van der Waals surface area contributed by atoms with Crippen LogP contribution in [0.2, 0.25) is 5.02 Å². The lowest BCUT2D eigenvalue weighted by molar-refractivity contribution is 0.0601. The minimum absolute atomic E-state index is 0.336. The van der Waals surface area contributed by atoms with Crippen molar-refractivity contribution >= 4 is 28.3 Å². The molecule has 2 nitrogen and oxygen atoms in total. The zero-order chi connectivity index (χ0) is 10.8. The highest BCUT2D eigenvalue weighted by Gasteiger charge is 2.06. The lowest BCUT2D eigenvalue weighted by atomic mass is 10.1. The van der Waals surface area contributed by atoms with E-state index in [2.05, 4.69) is 4.74 Å². The summed E-state index contributed by atoms with van der Waals surface area (Å²) in [5.41, 5.74) is 0.535. The van der Waals surface area contributed by atoms with Crippen molar-refractivity contribution in [1.29, 1.82) is 0 Å². The Labute approximate surface area is 92.4 Å². The van der Waals surface area contributed by atoms with Crippen LogP contribution in [0.3, 0.4) is 0 Å². The second-order valence-corrected chi connectivity index (χ2v) is 3.57. The van der Waals surface area contributed by atoms with E-state index in [1.54, 1.807) is 12.1 Å². The molecule has 0 bridgehead atoms. The van der Waals surface area contributed by atoms with E-state index in [1.807, 2.05) is 24.3 Å². The quantitative estimate of drug-likeness (QED) is 0.690. The lowest BCUT2D eigenvalue weighted by Crippen LogP contribution is -2.00. The summed E-state index contributed by atoms with van der Waals surface area (Å²) in [5, 5.41) is 2.56. The summed E-state index contributed by atoms with van der Waals surface area (Å²) in [6.45, 7) is 0. The number of esters is 1.